The van der Waals surface area contributed by atoms with E-state index in [0.717, 1.165) is 109 Å². The molecule has 0 saturated heterocycles. The van der Waals surface area contributed by atoms with Gasteiger partial charge in [-0.05, 0) is 143 Å². The number of hydrogen-bond acceptors (Lipinski definition) is 24. The van der Waals surface area contributed by atoms with Crippen LogP contribution in [-0.2, 0) is 0 Å². The fraction of sp³-hybridized carbons (Fsp3) is 0.412. The van der Waals surface area contributed by atoms with E-state index in [1.165, 1.54) is 33.9 Å². The Hall–Kier alpha value is -11.3. The van der Waals surface area contributed by atoms with E-state index in [-0.39, 0.29) is 49.3 Å². The van der Waals surface area contributed by atoms with Crippen LogP contribution in [0.5, 0.6) is 0 Å². The lowest BCUT2D eigenvalue weighted by atomic mass is 10.0. The molecule has 109 heavy (non-hydrogen) atoms. The van der Waals surface area contributed by atoms with Crippen LogP contribution in [0.2, 0.25) is 0 Å². The van der Waals surface area contributed by atoms with Crippen molar-refractivity contribution in [1.29, 1.82) is 0 Å². The van der Waals surface area contributed by atoms with Crippen LogP contribution in [0.4, 0.5) is 46.5 Å². The Morgan fingerprint density at radius 3 is 0.688 bits per heavy atom. The third-order valence-electron chi connectivity index (χ3n) is 23.4. The number of benzene rings is 3. The Balaban J connectivity index is 0.000000136. The fourth-order valence-electron chi connectivity index (χ4n) is 14.8. The average molecular weight is 1470 g/mol. The van der Waals surface area contributed by atoms with Gasteiger partial charge in [-0.2, -0.15) is 0 Å². The molecule has 0 amide bonds. The molecular formula is C85H114N24. The zero-order valence-electron chi connectivity index (χ0n) is 69.3. The highest BCUT2D eigenvalue weighted by molar-refractivity contribution is 5.75. The van der Waals surface area contributed by atoms with E-state index in [1.807, 2.05) is 43.3 Å². The van der Waals surface area contributed by atoms with Gasteiger partial charge in [0.15, 0.2) is 17.5 Å². The molecule has 12 heterocycles. The first-order valence-corrected chi connectivity index (χ1v) is 38.0. The summed E-state index contributed by atoms with van der Waals surface area (Å²) in [6, 6.07) is 26.8. The lowest BCUT2D eigenvalue weighted by Crippen LogP contribution is -2.37. The summed E-state index contributed by atoms with van der Waals surface area (Å²) in [6.45, 7) is 40.8. The van der Waals surface area contributed by atoms with Gasteiger partial charge in [0.05, 0.1) is 0 Å². The summed E-state index contributed by atoms with van der Waals surface area (Å²) in [6.07, 6.45) is 27.2. The van der Waals surface area contributed by atoms with Crippen molar-refractivity contribution < 1.29 is 0 Å². The summed E-state index contributed by atoms with van der Waals surface area (Å²) in [5.41, 5.74) is 14.8. The standard InChI is InChI=1S/C25H34N6.C23H30N6.C21H26N6.C16H24N6/c1-15-11-10-12-16(2)22(15)23-26-24(30-13-17(3)28(8)20(30)6)19(5)25(27-23)31-14-18(4)29(9)21(31)7;1-15-13-28(18(4)26(15)6)22-17(3)23(29-14-16(2)27(7)19(29)5)25-21(24-22)20-11-9-8-10-12-20;1-15-20(26-13-11-24(4)16(26)2)22-19(18-9-7-6-8-10-18)23-21(15)27-14-12-25(5)17(27)3;1-11-15(21-9-7-19(5)13(21)3)17-12(2)18-16(11)22-10-8-20(6)14(22)4/h10-14,20-21H,1-9H3;8-14,18-19H,1-7H3;6-14,16-17H,1-5H3;7-10,13-14H,1-6H3/t20-,21+;18-,19+;16-,17+;13-,14+. The SMILES string of the molecule is CC1=CN(c2nc(-c3c(C)cccc3C)nc(N3C=C(C)N(C)[C@@H]3C)c2C)[C@H](C)N1C.CC1=CN(c2nc(-c3ccccc3)nc(N3C=C(C)N(C)[C@@H]3C)c2C)[C@H](C)N1C.Cc1c(N2C=CN(C)[C@H]2C)nc(-c2ccccc2)nc1N1C=CN(C)[C@@H]1C.Cc1nc(N2C=CN(C)[C@H]2C)c(C)c(N2C=CN(C)[C@@H]2C)n1. The molecular weight excluding hydrogens is 1360 g/mol. The lowest BCUT2D eigenvalue weighted by Gasteiger charge is -2.32. The van der Waals surface area contributed by atoms with Crippen LogP contribution in [0.1, 0.15) is 122 Å². The second kappa shape index (κ2) is 31.1. The summed E-state index contributed by atoms with van der Waals surface area (Å²) < 4.78 is 0. The quantitative estimate of drug-likeness (QED) is 0.120. The first kappa shape index (κ1) is 77.3. The van der Waals surface area contributed by atoms with Gasteiger partial charge in [-0.15, -0.1) is 0 Å². The third-order valence-corrected chi connectivity index (χ3v) is 23.4. The van der Waals surface area contributed by atoms with Crippen LogP contribution < -0.4 is 39.2 Å². The van der Waals surface area contributed by atoms with E-state index in [2.05, 4.69) is 386 Å². The zero-order chi connectivity index (χ0) is 78.6. The first-order chi connectivity index (χ1) is 51.8. The fourth-order valence-corrected chi connectivity index (χ4v) is 14.8. The van der Waals surface area contributed by atoms with Crippen molar-refractivity contribution >= 4 is 46.5 Å². The third kappa shape index (κ3) is 14.7. The second-order valence-corrected chi connectivity index (χ2v) is 30.2. The zero-order valence-corrected chi connectivity index (χ0v) is 69.3. The highest BCUT2D eigenvalue weighted by Gasteiger charge is 2.37. The van der Waals surface area contributed by atoms with Gasteiger partial charge in [0.1, 0.15) is 102 Å². The first-order valence-electron chi connectivity index (χ1n) is 38.0. The molecule has 0 N–H and O–H groups in total. The van der Waals surface area contributed by atoms with Crippen molar-refractivity contribution in [3.05, 3.63) is 215 Å². The number of allylic oxidation sites excluding steroid dienone is 4. The summed E-state index contributed by atoms with van der Waals surface area (Å²) in [7, 11) is 16.8. The maximum atomic E-state index is 5.14. The van der Waals surface area contributed by atoms with Crippen LogP contribution in [0, 0.1) is 48.5 Å². The Labute approximate surface area is 648 Å². The number of aromatic nitrogens is 8. The second-order valence-electron chi connectivity index (χ2n) is 30.2. The molecule has 7 aromatic rings. The van der Waals surface area contributed by atoms with Gasteiger partial charge in [0, 0.05) is 193 Å². The molecule has 8 aliphatic heterocycles. The molecule has 0 bridgehead atoms. The molecule has 15 rings (SSSR count). The predicted molar refractivity (Wildman–Crippen MR) is 447 cm³/mol. The molecule has 3 aromatic carbocycles. The van der Waals surface area contributed by atoms with Crippen molar-refractivity contribution in [3.8, 4) is 34.2 Å². The Kier molecular flexibility index (Phi) is 22.1. The maximum absolute atomic E-state index is 5.14. The maximum Gasteiger partial charge on any atom is 0.164 e. The molecule has 0 radical (unpaired) electrons. The molecule has 574 valence electrons. The van der Waals surface area contributed by atoms with Crippen LogP contribution in [0.15, 0.2) is 176 Å². The smallest absolute Gasteiger partial charge is 0.164 e. The summed E-state index contributed by atoms with van der Waals surface area (Å²) in [4.78, 5) is 75.2. The molecule has 0 unspecified atom stereocenters. The number of aryl methyl sites for hydroxylation is 3. The topological polar surface area (TPSA) is 155 Å². The van der Waals surface area contributed by atoms with Gasteiger partial charge in [-0.25, -0.2) is 39.9 Å². The normalized spacial score (nSPS) is 22.0. The van der Waals surface area contributed by atoms with Crippen molar-refractivity contribution in [2.45, 2.75) is 181 Å². The lowest BCUT2D eigenvalue weighted by molar-refractivity contribution is 0.354. The summed E-state index contributed by atoms with van der Waals surface area (Å²) >= 11 is 0. The molecule has 8 atom stereocenters. The van der Waals surface area contributed by atoms with E-state index in [4.69, 9.17) is 29.9 Å². The predicted octanol–water partition coefficient (Wildman–Crippen LogP) is 15.2. The van der Waals surface area contributed by atoms with E-state index in [9.17, 15) is 0 Å². The highest BCUT2D eigenvalue weighted by atomic mass is 15.5. The minimum atomic E-state index is 0.197. The monoisotopic (exact) mass is 1470 g/mol. The van der Waals surface area contributed by atoms with E-state index >= 15 is 0 Å². The van der Waals surface area contributed by atoms with Crippen LogP contribution in [-0.4, -0.2) is 185 Å². The minimum absolute atomic E-state index is 0.197. The van der Waals surface area contributed by atoms with Crippen LogP contribution in [0.25, 0.3) is 34.2 Å². The molecule has 0 saturated carbocycles. The van der Waals surface area contributed by atoms with Crippen LogP contribution in [0.3, 0.4) is 0 Å². The Bertz CT molecular complexity index is 4540. The van der Waals surface area contributed by atoms with Gasteiger partial charge in [-0.3, -0.25) is 0 Å². The number of hydrogen-bond donors (Lipinski definition) is 0. The molecule has 8 aliphatic rings. The van der Waals surface area contributed by atoms with Crippen molar-refractivity contribution in [2.75, 3.05) is 95.6 Å². The van der Waals surface area contributed by atoms with Gasteiger partial charge in [0.2, 0.25) is 0 Å². The molecule has 0 spiro atoms. The number of rotatable bonds is 11. The number of nitrogens with zero attached hydrogens (tertiary/aromatic N) is 24. The van der Waals surface area contributed by atoms with Gasteiger partial charge in [-0.1, -0.05) is 78.9 Å². The highest BCUT2D eigenvalue weighted by Crippen LogP contribution is 2.42. The average Bonchev–Trinajstić information content (AvgIpc) is 1.69. The van der Waals surface area contributed by atoms with Crippen molar-refractivity contribution in [1.82, 2.24) is 79.1 Å². The Morgan fingerprint density at radius 2 is 0.468 bits per heavy atom. The summed E-state index contributed by atoms with van der Waals surface area (Å²) in [5, 5.41) is 0. The van der Waals surface area contributed by atoms with E-state index in [1.54, 1.807) is 0 Å². The molecule has 24 heteroatoms. The molecule has 0 aliphatic carbocycles. The molecule has 4 aromatic heterocycles. The molecule has 24 nitrogen and oxygen atoms in total. The van der Waals surface area contributed by atoms with Crippen molar-refractivity contribution in [3.63, 3.8) is 0 Å². The summed E-state index contributed by atoms with van der Waals surface area (Å²) in [5.74, 6) is 10.8. The molecule has 0 fully saturated rings. The minimum Gasteiger partial charge on any atom is -0.359 e. The Morgan fingerprint density at radius 1 is 0.239 bits per heavy atom. The van der Waals surface area contributed by atoms with Crippen LogP contribution >= 0.6 is 0 Å². The van der Waals surface area contributed by atoms with E-state index < -0.39 is 0 Å². The van der Waals surface area contributed by atoms with Gasteiger partial charge >= 0.3 is 0 Å². The van der Waals surface area contributed by atoms with Gasteiger partial charge in [0.25, 0.3) is 0 Å². The van der Waals surface area contributed by atoms with Crippen molar-refractivity contribution in [2.24, 2.45) is 0 Å². The van der Waals surface area contributed by atoms with E-state index in [0.29, 0.717) is 0 Å². The largest absolute Gasteiger partial charge is 0.359 e. The number of anilines is 8. The van der Waals surface area contributed by atoms with Gasteiger partial charge < -0.3 is 78.4 Å².